The molecule has 0 aromatic carbocycles. The summed E-state index contributed by atoms with van der Waals surface area (Å²) in [7, 11) is 1.68. The average Bonchev–Trinajstić information content (AvgIpc) is 3.02. The van der Waals surface area contributed by atoms with Crippen molar-refractivity contribution in [3.8, 4) is 0 Å². The average molecular weight is 292 g/mol. The van der Waals surface area contributed by atoms with Crippen molar-refractivity contribution in [3.05, 3.63) is 22.6 Å². The van der Waals surface area contributed by atoms with Gasteiger partial charge in [0.05, 0.1) is 18.1 Å². The van der Waals surface area contributed by atoms with Gasteiger partial charge in [0, 0.05) is 13.3 Å². The lowest BCUT2D eigenvalue weighted by atomic mass is 9.98. The largest absolute Gasteiger partial charge is 0.382 e. The zero-order valence-electron chi connectivity index (χ0n) is 12.2. The highest BCUT2D eigenvalue weighted by molar-refractivity contribution is 5.76. The SMILES string of the molecule is CCC1CC(n2ccc3c(=O)[nH]c(N)nc32)OC1COC. The molecule has 3 rings (SSSR count). The quantitative estimate of drug-likeness (QED) is 0.884. The third-order valence-corrected chi connectivity index (χ3v) is 4.13. The maximum Gasteiger partial charge on any atom is 0.261 e. The fourth-order valence-corrected chi connectivity index (χ4v) is 3.02. The Morgan fingerprint density at radius 2 is 2.43 bits per heavy atom. The second kappa shape index (κ2) is 5.50. The number of rotatable bonds is 4. The molecule has 1 aliphatic rings. The zero-order valence-corrected chi connectivity index (χ0v) is 12.2. The molecule has 0 bridgehead atoms. The lowest BCUT2D eigenvalue weighted by Crippen LogP contribution is -2.21. The van der Waals surface area contributed by atoms with Gasteiger partial charge in [0.15, 0.2) is 5.65 Å². The van der Waals surface area contributed by atoms with E-state index in [-0.39, 0.29) is 23.8 Å². The topological polar surface area (TPSA) is 95.2 Å². The van der Waals surface area contributed by atoms with E-state index in [2.05, 4.69) is 16.9 Å². The summed E-state index contributed by atoms with van der Waals surface area (Å²) in [5.41, 5.74) is 5.98. The van der Waals surface area contributed by atoms with Crippen LogP contribution in [0.4, 0.5) is 5.95 Å². The summed E-state index contributed by atoms with van der Waals surface area (Å²) in [6, 6.07) is 1.74. The molecule has 3 N–H and O–H groups in total. The van der Waals surface area contributed by atoms with Crippen LogP contribution >= 0.6 is 0 Å². The number of nitrogens with zero attached hydrogens (tertiary/aromatic N) is 2. The van der Waals surface area contributed by atoms with E-state index in [1.807, 2.05) is 10.8 Å². The Balaban J connectivity index is 1.96. The molecule has 0 saturated carbocycles. The fourth-order valence-electron chi connectivity index (χ4n) is 3.02. The van der Waals surface area contributed by atoms with Crippen LogP contribution in [-0.2, 0) is 9.47 Å². The number of nitrogens with one attached hydrogen (secondary N) is 1. The van der Waals surface area contributed by atoms with Crippen LogP contribution in [0.15, 0.2) is 17.1 Å². The normalized spacial score (nSPS) is 25.7. The van der Waals surface area contributed by atoms with Gasteiger partial charge in [-0.05, 0) is 18.4 Å². The minimum Gasteiger partial charge on any atom is -0.382 e. The number of nitrogens with two attached hydrogens (primary N) is 1. The van der Waals surface area contributed by atoms with Gasteiger partial charge in [-0.2, -0.15) is 4.98 Å². The van der Waals surface area contributed by atoms with Gasteiger partial charge >= 0.3 is 0 Å². The molecule has 1 aliphatic heterocycles. The molecule has 0 aliphatic carbocycles. The van der Waals surface area contributed by atoms with Crippen LogP contribution in [-0.4, -0.2) is 34.4 Å². The molecule has 0 spiro atoms. The van der Waals surface area contributed by atoms with E-state index in [0.29, 0.717) is 23.6 Å². The van der Waals surface area contributed by atoms with Crippen LogP contribution in [0.1, 0.15) is 26.0 Å². The molecule has 2 aromatic heterocycles. The highest BCUT2D eigenvalue weighted by atomic mass is 16.5. The number of aromatic amines is 1. The number of ether oxygens (including phenoxy) is 2. The molecule has 2 aromatic rings. The van der Waals surface area contributed by atoms with Gasteiger partial charge in [-0.3, -0.25) is 9.78 Å². The van der Waals surface area contributed by atoms with Crippen molar-refractivity contribution in [2.45, 2.75) is 32.1 Å². The van der Waals surface area contributed by atoms with Crippen molar-refractivity contribution in [3.63, 3.8) is 0 Å². The number of methoxy groups -OCH3 is 1. The van der Waals surface area contributed by atoms with Gasteiger partial charge in [0.2, 0.25) is 5.95 Å². The summed E-state index contributed by atoms with van der Waals surface area (Å²) in [6.07, 6.45) is 3.67. The molecule has 0 radical (unpaired) electrons. The van der Waals surface area contributed by atoms with Crippen LogP contribution in [0.2, 0.25) is 0 Å². The molecule has 21 heavy (non-hydrogen) atoms. The van der Waals surface area contributed by atoms with E-state index in [4.69, 9.17) is 15.2 Å². The maximum absolute atomic E-state index is 11.9. The molecule has 3 heterocycles. The first-order valence-electron chi connectivity index (χ1n) is 7.14. The molecule has 3 atom stereocenters. The van der Waals surface area contributed by atoms with Gasteiger partial charge in [-0.25, -0.2) is 0 Å². The van der Waals surface area contributed by atoms with Crippen LogP contribution in [0.3, 0.4) is 0 Å². The Labute approximate surface area is 122 Å². The molecule has 114 valence electrons. The second-order valence-electron chi connectivity index (χ2n) is 5.40. The monoisotopic (exact) mass is 292 g/mol. The highest BCUT2D eigenvalue weighted by Gasteiger charge is 2.35. The van der Waals surface area contributed by atoms with E-state index in [0.717, 1.165) is 12.8 Å². The van der Waals surface area contributed by atoms with Gasteiger partial charge in [-0.15, -0.1) is 0 Å². The van der Waals surface area contributed by atoms with Gasteiger partial charge < -0.3 is 19.8 Å². The van der Waals surface area contributed by atoms with E-state index in [1.165, 1.54) is 0 Å². The minimum atomic E-state index is -0.227. The lowest BCUT2D eigenvalue weighted by Gasteiger charge is -2.16. The van der Waals surface area contributed by atoms with Crippen LogP contribution in [0.5, 0.6) is 0 Å². The van der Waals surface area contributed by atoms with Gasteiger partial charge in [0.1, 0.15) is 6.23 Å². The fraction of sp³-hybridized carbons (Fsp3) is 0.571. The van der Waals surface area contributed by atoms with Crippen molar-refractivity contribution in [1.29, 1.82) is 0 Å². The Kier molecular flexibility index (Phi) is 3.69. The first-order valence-corrected chi connectivity index (χ1v) is 7.14. The van der Waals surface area contributed by atoms with Crippen molar-refractivity contribution < 1.29 is 9.47 Å². The Morgan fingerprint density at radius 3 is 3.14 bits per heavy atom. The van der Waals surface area contributed by atoms with Crippen LogP contribution < -0.4 is 11.3 Å². The smallest absolute Gasteiger partial charge is 0.261 e. The van der Waals surface area contributed by atoms with Crippen molar-refractivity contribution in [1.82, 2.24) is 14.5 Å². The Bertz CT molecular complexity index is 693. The van der Waals surface area contributed by atoms with Crippen molar-refractivity contribution in [2.75, 3.05) is 19.5 Å². The summed E-state index contributed by atoms with van der Waals surface area (Å²) >= 11 is 0. The molecule has 0 amide bonds. The van der Waals surface area contributed by atoms with Crippen LogP contribution in [0, 0.1) is 5.92 Å². The maximum atomic E-state index is 11.9. The number of H-pyrrole nitrogens is 1. The Morgan fingerprint density at radius 1 is 1.62 bits per heavy atom. The molecular formula is C14H20N4O3. The highest BCUT2D eigenvalue weighted by Crippen LogP contribution is 2.36. The predicted octanol–water partition coefficient (Wildman–Crippen LogP) is 1.27. The first-order chi connectivity index (χ1) is 10.1. The summed E-state index contributed by atoms with van der Waals surface area (Å²) in [6.45, 7) is 2.72. The number of fused-ring (bicyclic) bond motifs is 1. The third-order valence-electron chi connectivity index (χ3n) is 4.13. The number of hydrogen-bond donors (Lipinski definition) is 2. The van der Waals surface area contributed by atoms with E-state index < -0.39 is 0 Å². The minimum absolute atomic E-state index is 0.0711. The summed E-state index contributed by atoms with van der Waals surface area (Å²) in [5, 5.41) is 0.524. The second-order valence-corrected chi connectivity index (χ2v) is 5.40. The van der Waals surface area contributed by atoms with Crippen molar-refractivity contribution in [2.24, 2.45) is 5.92 Å². The third kappa shape index (κ3) is 2.43. The van der Waals surface area contributed by atoms with Gasteiger partial charge in [0.25, 0.3) is 5.56 Å². The van der Waals surface area contributed by atoms with E-state index in [1.54, 1.807) is 13.2 Å². The number of anilines is 1. The Hall–Kier alpha value is -1.86. The molecule has 7 nitrogen and oxygen atoms in total. The number of aromatic nitrogens is 3. The molecule has 3 unspecified atom stereocenters. The van der Waals surface area contributed by atoms with E-state index >= 15 is 0 Å². The van der Waals surface area contributed by atoms with E-state index in [9.17, 15) is 4.79 Å². The molecule has 1 saturated heterocycles. The molecular weight excluding hydrogens is 272 g/mol. The molecule has 1 fully saturated rings. The predicted molar refractivity (Wildman–Crippen MR) is 79.0 cm³/mol. The summed E-state index contributed by atoms with van der Waals surface area (Å²) < 4.78 is 13.2. The number of nitrogen functional groups attached to an aromatic ring is 1. The summed E-state index contributed by atoms with van der Waals surface area (Å²) in [5.74, 6) is 0.553. The lowest BCUT2D eigenvalue weighted by molar-refractivity contribution is -0.0386. The summed E-state index contributed by atoms with van der Waals surface area (Å²) in [4.78, 5) is 18.6. The van der Waals surface area contributed by atoms with Crippen LogP contribution in [0.25, 0.3) is 11.0 Å². The number of hydrogen-bond acceptors (Lipinski definition) is 5. The first kappa shape index (κ1) is 14.1. The zero-order chi connectivity index (χ0) is 15.0. The van der Waals surface area contributed by atoms with Crippen molar-refractivity contribution >= 4 is 17.0 Å². The van der Waals surface area contributed by atoms with Gasteiger partial charge in [-0.1, -0.05) is 13.3 Å². The standard InChI is InChI=1S/C14H20N4O3/c1-3-8-6-11(21-10(8)7-20-2)18-5-4-9-12(18)16-14(15)17-13(9)19/h4-5,8,10-11H,3,6-7H2,1-2H3,(H3,15,16,17,19). The molecule has 7 heteroatoms.